The lowest BCUT2D eigenvalue weighted by molar-refractivity contribution is -0.118. The molecule has 3 rings (SSSR count). The molecule has 0 bridgehead atoms. The summed E-state index contributed by atoms with van der Waals surface area (Å²) in [5.74, 6) is -0.262. The third-order valence-electron chi connectivity index (χ3n) is 4.21. The highest BCUT2D eigenvalue weighted by atomic mass is 32.1. The largest absolute Gasteiger partial charge is 0.360 e. The SMILES string of the molecule is C[C@@H]1C[C@@H](C(=O)Nc2cccc(NC(=O)Cc3ccccc3)c2)NC(=S)N1. The van der Waals surface area contributed by atoms with Crippen LogP contribution >= 0.6 is 12.2 Å². The Bertz CT molecular complexity index is 841. The lowest BCUT2D eigenvalue weighted by Crippen LogP contribution is -2.57. The van der Waals surface area contributed by atoms with Crippen molar-refractivity contribution in [1.29, 1.82) is 0 Å². The van der Waals surface area contributed by atoms with E-state index in [1.807, 2.05) is 37.3 Å². The Morgan fingerprint density at radius 1 is 1.04 bits per heavy atom. The molecule has 0 radical (unpaired) electrons. The van der Waals surface area contributed by atoms with E-state index in [1.54, 1.807) is 24.3 Å². The van der Waals surface area contributed by atoms with E-state index in [2.05, 4.69) is 21.3 Å². The van der Waals surface area contributed by atoms with E-state index >= 15 is 0 Å². The summed E-state index contributed by atoms with van der Waals surface area (Å²) in [5.41, 5.74) is 2.20. The monoisotopic (exact) mass is 382 g/mol. The molecule has 7 heteroatoms. The fraction of sp³-hybridized carbons (Fsp3) is 0.250. The van der Waals surface area contributed by atoms with Crippen LogP contribution in [-0.2, 0) is 16.0 Å². The van der Waals surface area contributed by atoms with Gasteiger partial charge in [-0.25, -0.2) is 0 Å². The highest BCUT2D eigenvalue weighted by molar-refractivity contribution is 7.80. The fourth-order valence-electron chi connectivity index (χ4n) is 2.96. The van der Waals surface area contributed by atoms with E-state index in [-0.39, 0.29) is 23.9 Å². The minimum absolute atomic E-state index is 0.108. The van der Waals surface area contributed by atoms with Gasteiger partial charge in [0.2, 0.25) is 11.8 Å². The van der Waals surface area contributed by atoms with Gasteiger partial charge in [0.1, 0.15) is 6.04 Å². The van der Waals surface area contributed by atoms with Crippen molar-refractivity contribution in [2.75, 3.05) is 10.6 Å². The number of carbonyl (C=O) groups is 2. The smallest absolute Gasteiger partial charge is 0.247 e. The Balaban J connectivity index is 1.59. The van der Waals surface area contributed by atoms with Crippen molar-refractivity contribution in [3.8, 4) is 0 Å². The molecule has 1 fully saturated rings. The number of amides is 2. The summed E-state index contributed by atoms with van der Waals surface area (Å²) >= 11 is 5.12. The molecular formula is C20H22N4O2S. The molecule has 27 heavy (non-hydrogen) atoms. The quantitative estimate of drug-likeness (QED) is 0.597. The van der Waals surface area contributed by atoms with Crippen molar-refractivity contribution < 1.29 is 9.59 Å². The first-order valence-corrected chi connectivity index (χ1v) is 9.22. The Morgan fingerprint density at radius 3 is 2.44 bits per heavy atom. The molecule has 6 nitrogen and oxygen atoms in total. The van der Waals surface area contributed by atoms with Crippen LogP contribution in [0.25, 0.3) is 0 Å². The van der Waals surface area contributed by atoms with Crippen molar-refractivity contribution in [3.05, 3.63) is 60.2 Å². The summed E-state index contributed by atoms with van der Waals surface area (Å²) in [6, 6.07) is 16.4. The Labute approximate surface area is 163 Å². The summed E-state index contributed by atoms with van der Waals surface area (Å²) in [6.07, 6.45) is 0.936. The third-order valence-corrected chi connectivity index (χ3v) is 4.45. The molecule has 2 aromatic rings. The molecule has 1 aliphatic rings. The van der Waals surface area contributed by atoms with Crippen molar-refractivity contribution >= 4 is 40.5 Å². The lowest BCUT2D eigenvalue weighted by atomic mass is 10.1. The minimum Gasteiger partial charge on any atom is -0.360 e. The van der Waals surface area contributed by atoms with Gasteiger partial charge in [-0.05, 0) is 49.3 Å². The summed E-state index contributed by atoms with van der Waals surface area (Å²) in [5, 5.41) is 12.3. The summed E-state index contributed by atoms with van der Waals surface area (Å²) in [4.78, 5) is 24.7. The van der Waals surface area contributed by atoms with Gasteiger partial charge >= 0.3 is 0 Å². The molecular weight excluding hydrogens is 360 g/mol. The van der Waals surface area contributed by atoms with Gasteiger partial charge < -0.3 is 21.3 Å². The first kappa shape index (κ1) is 18.8. The maximum Gasteiger partial charge on any atom is 0.247 e. The second kappa shape index (κ2) is 8.64. The number of anilines is 2. The molecule has 1 aliphatic heterocycles. The summed E-state index contributed by atoms with van der Waals surface area (Å²) < 4.78 is 0. The summed E-state index contributed by atoms with van der Waals surface area (Å²) in [6.45, 7) is 1.98. The zero-order chi connectivity index (χ0) is 19.2. The number of nitrogens with one attached hydrogen (secondary N) is 4. The molecule has 140 valence electrons. The van der Waals surface area contributed by atoms with Crippen LogP contribution in [0.1, 0.15) is 18.9 Å². The van der Waals surface area contributed by atoms with Gasteiger partial charge in [0.05, 0.1) is 6.42 Å². The molecule has 0 aliphatic carbocycles. The van der Waals surface area contributed by atoms with Gasteiger partial charge in [0.15, 0.2) is 5.11 Å². The average molecular weight is 382 g/mol. The molecule has 1 heterocycles. The molecule has 2 atom stereocenters. The third kappa shape index (κ3) is 5.52. The van der Waals surface area contributed by atoms with E-state index < -0.39 is 0 Å². The van der Waals surface area contributed by atoms with Crippen LogP contribution in [0, 0.1) is 0 Å². The maximum absolute atomic E-state index is 12.5. The van der Waals surface area contributed by atoms with Crippen LogP contribution in [0.4, 0.5) is 11.4 Å². The predicted octanol–water partition coefficient (Wildman–Crippen LogP) is 2.43. The first-order valence-electron chi connectivity index (χ1n) is 8.81. The van der Waals surface area contributed by atoms with Crippen molar-refractivity contribution in [1.82, 2.24) is 10.6 Å². The minimum atomic E-state index is -0.384. The number of carbonyl (C=O) groups excluding carboxylic acids is 2. The molecule has 4 N–H and O–H groups in total. The number of rotatable bonds is 5. The molecule has 2 aromatic carbocycles. The van der Waals surface area contributed by atoms with Crippen molar-refractivity contribution in [2.24, 2.45) is 0 Å². The van der Waals surface area contributed by atoms with E-state index in [4.69, 9.17) is 12.2 Å². The van der Waals surface area contributed by atoms with Gasteiger partial charge in [-0.1, -0.05) is 36.4 Å². The van der Waals surface area contributed by atoms with Gasteiger partial charge in [-0.3, -0.25) is 9.59 Å². The van der Waals surface area contributed by atoms with Gasteiger partial charge in [0, 0.05) is 17.4 Å². The zero-order valence-electron chi connectivity index (χ0n) is 15.0. The molecule has 0 aromatic heterocycles. The number of benzene rings is 2. The second-order valence-electron chi connectivity index (χ2n) is 6.59. The highest BCUT2D eigenvalue weighted by Crippen LogP contribution is 2.17. The maximum atomic E-state index is 12.5. The number of hydrogen-bond donors (Lipinski definition) is 4. The summed E-state index contributed by atoms with van der Waals surface area (Å²) in [7, 11) is 0. The van der Waals surface area contributed by atoms with E-state index in [1.165, 1.54) is 0 Å². The second-order valence-corrected chi connectivity index (χ2v) is 7.00. The molecule has 1 saturated heterocycles. The Hall–Kier alpha value is -2.93. The Kier molecular flexibility index (Phi) is 6.03. The standard InChI is InChI=1S/C20H22N4O2S/c1-13-10-17(24-20(27)21-13)19(26)23-16-9-5-8-15(12-16)22-18(25)11-14-6-3-2-4-7-14/h2-9,12-13,17H,10-11H2,1H3,(H,22,25)(H,23,26)(H2,21,24,27)/t13-,17+/m1/s1. The van der Waals surface area contributed by atoms with Crippen LogP contribution in [0.5, 0.6) is 0 Å². The highest BCUT2D eigenvalue weighted by Gasteiger charge is 2.26. The molecule has 0 spiro atoms. The molecule has 0 unspecified atom stereocenters. The van der Waals surface area contributed by atoms with Crippen LogP contribution in [0.15, 0.2) is 54.6 Å². The fourth-order valence-corrected chi connectivity index (χ4v) is 3.30. The van der Waals surface area contributed by atoms with Crippen LogP contribution in [-0.4, -0.2) is 29.0 Å². The number of hydrogen-bond acceptors (Lipinski definition) is 3. The lowest BCUT2D eigenvalue weighted by Gasteiger charge is -2.30. The van der Waals surface area contributed by atoms with Crippen LogP contribution in [0.3, 0.4) is 0 Å². The topological polar surface area (TPSA) is 82.3 Å². The van der Waals surface area contributed by atoms with E-state index in [9.17, 15) is 9.59 Å². The van der Waals surface area contributed by atoms with E-state index in [0.29, 0.717) is 29.3 Å². The first-order chi connectivity index (χ1) is 13.0. The van der Waals surface area contributed by atoms with Gasteiger partial charge in [-0.15, -0.1) is 0 Å². The van der Waals surface area contributed by atoms with E-state index in [0.717, 1.165) is 5.56 Å². The normalized spacial score (nSPS) is 18.8. The average Bonchev–Trinajstić information content (AvgIpc) is 2.62. The van der Waals surface area contributed by atoms with Crippen LogP contribution in [0.2, 0.25) is 0 Å². The van der Waals surface area contributed by atoms with Gasteiger partial charge in [-0.2, -0.15) is 0 Å². The number of thiocarbonyl (C=S) groups is 1. The molecule has 0 saturated carbocycles. The van der Waals surface area contributed by atoms with Crippen molar-refractivity contribution in [2.45, 2.75) is 31.8 Å². The van der Waals surface area contributed by atoms with Crippen molar-refractivity contribution in [3.63, 3.8) is 0 Å². The zero-order valence-corrected chi connectivity index (χ0v) is 15.8. The Morgan fingerprint density at radius 2 is 1.74 bits per heavy atom. The van der Waals surface area contributed by atoms with Crippen LogP contribution < -0.4 is 21.3 Å². The predicted molar refractivity (Wildman–Crippen MR) is 111 cm³/mol. The molecule has 2 amide bonds. The van der Waals surface area contributed by atoms with Gasteiger partial charge in [0.25, 0.3) is 0 Å².